The number of aryl methyl sites for hydroxylation is 1. The first-order valence-electron chi connectivity index (χ1n) is 9.32. The van der Waals surface area contributed by atoms with Gasteiger partial charge in [0.05, 0.1) is 12.8 Å². The van der Waals surface area contributed by atoms with Gasteiger partial charge in [-0.15, -0.1) is 0 Å². The highest BCUT2D eigenvalue weighted by Crippen LogP contribution is 2.24. The van der Waals surface area contributed by atoms with Gasteiger partial charge < -0.3 is 15.0 Å². The third-order valence-electron chi connectivity index (χ3n) is 4.47. The summed E-state index contributed by atoms with van der Waals surface area (Å²) in [4.78, 5) is 31.5. The zero-order valence-electron chi connectivity index (χ0n) is 16.7. The summed E-state index contributed by atoms with van der Waals surface area (Å²) in [7, 11) is 1.54. The Hall–Kier alpha value is -3.67. The summed E-state index contributed by atoms with van der Waals surface area (Å²) in [5, 5.41) is 2.81. The van der Waals surface area contributed by atoms with Crippen LogP contribution in [0.3, 0.4) is 0 Å². The van der Waals surface area contributed by atoms with Gasteiger partial charge in [0.15, 0.2) is 0 Å². The first-order valence-corrected chi connectivity index (χ1v) is 9.32. The fourth-order valence-electron chi connectivity index (χ4n) is 3.01. The predicted octanol–water partition coefficient (Wildman–Crippen LogP) is 4.32. The number of ether oxygens (including phenoxy) is 1. The number of nitrogens with one attached hydrogen (secondary N) is 1. The van der Waals surface area contributed by atoms with E-state index in [0.717, 1.165) is 11.3 Å². The van der Waals surface area contributed by atoms with Gasteiger partial charge in [-0.05, 0) is 55.8 Å². The Morgan fingerprint density at radius 3 is 2.59 bits per heavy atom. The zero-order valence-corrected chi connectivity index (χ0v) is 16.7. The van der Waals surface area contributed by atoms with Crippen LogP contribution in [0.1, 0.15) is 33.3 Å². The molecule has 0 saturated carbocycles. The Bertz CT molecular complexity index is 1030. The molecule has 29 heavy (non-hydrogen) atoms. The first-order chi connectivity index (χ1) is 14.0. The van der Waals surface area contributed by atoms with Crippen molar-refractivity contribution in [2.24, 2.45) is 0 Å². The number of anilines is 2. The summed E-state index contributed by atoms with van der Waals surface area (Å²) in [6, 6.07) is 17.9. The van der Waals surface area contributed by atoms with Gasteiger partial charge in [0.2, 0.25) is 0 Å². The number of carbonyl (C=O) groups is 2. The zero-order chi connectivity index (χ0) is 20.8. The summed E-state index contributed by atoms with van der Waals surface area (Å²) in [6.45, 7) is 4.36. The lowest BCUT2D eigenvalue weighted by Crippen LogP contribution is -2.31. The molecule has 2 amide bonds. The van der Waals surface area contributed by atoms with Crippen LogP contribution in [0, 0.1) is 6.92 Å². The van der Waals surface area contributed by atoms with Crippen LogP contribution in [0.5, 0.6) is 5.75 Å². The summed E-state index contributed by atoms with van der Waals surface area (Å²) in [5.74, 6) is -0.0441. The van der Waals surface area contributed by atoms with Gasteiger partial charge in [0.25, 0.3) is 11.8 Å². The number of carbonyl (C=O) groups excluding carboxylic acids is 2. The number of para-hydroxylation sites is 2. The molecule has 148 valence electrons. The van der Waals surface area contributed by atoms with Crippen molar-refractivity contribution in [1.82, 2.24) is 4.98 Å². The highest BCUT2D eigenvalue weighted by atomic mass is 16.5. The van der Waals surface area contributed by atoms with E-state index in [-0.39, 0.29) is 17.5 Å². The molecule has 0 aliphatic rings. The number of benzene rings is 2. The largest absolute Gasteiger partial charge is 0.495 e. The molecule has 6 nitrogen and oxygen atoms in total. The molecule has 1 N–H and O–H groups in total. The topological polar surface area (TPSA) is 71.5 Å². The second kappa shape index (κ2) is 9.01. The SMILES string of the molecule is CCN(C(=O)c1cc(C(=O)Nc2ccccc2OC)ccn1)c1cccc(C)c1. The molecule has 2 aromatic carbocycles. The van der Waals surface area contributed by atoms with Crippen molar-refractivity contribution >= 4 is 23.2 Å². The Morgan fingerprint density at radius 1 is 1.07 bits per heavy atom. The third-order valence-corrected chi connectivity index (χ3v) is 4.47. The molecule has 0 saturated heterocycles. The second-order valence-corrected chi connectivity index (χ2v) is 6.47. The normalized spacial score (nSPS) is 10.3. The van der Waals surface area contributed by atoms with Gasteiger partial charge in [0, 0.05) is 24.0 Å². The molecule has 0 fully saturated rings. The molecule has 3 rings (SSSR count). The van der Waals surface area contributed by atoms with Crippen LogP contribution in [0.25, 0.3) is 0 Å². The molecule has 1 heterocycles. The lowest BCUT2D eigenvalue weighted by molar-refractivity contribution is 0.0983. The van der Waals surface area contributed by atoms with Crippen LogP contribution in [-0.4, -0.2) is 30.5 Å². The Morgan fingerprint density at radius 2 is 1.86 bits per heavy atom. The maximum atomic E-state index is 13.0. The lowest BCUT2D eigenvalue weighted by Gasteiger charge is -2.21. The average Bonchev–Trinajstić information content (AvgIpc) is 2.74. The van der Waals surface area contributed by atoms with E-state index in [1.165, 1.54) is 12.3 Å². The van der Waals surface area contributed by atoms with E-state index in [4.69, 9.17) is 4.74 Å². The number of amides is 2. The molecule has 0 aliphatic carbocycles. The number of pyridine rings is 1. The number of hydrogen-bond acceptors (Lipinski definition) is 4. The number of nitrogens with zero attached hydrogens (tertiary/aromatic N) is 2. The van der Waals surface area contributed by atoms with Gasteiger partial charge in [-0.3, -0.25) is 14.6 Å². The summed E-state index contributed by atoms with van der Waals surface area (Å²) in [6.07, 6.45) is 1.47. The average molecular weight is 389 g/mol. The minimum atomic E-state index is -0.343. The molecule has 6 heteroatoms. The Kier molecular flexibility index (Phi) is 6.24. The molecule has 0 bridgehead atoms. The second-order valence-electron chi connectivity index (χ2n) is 6.47. The number of hydrogen-bond donors (Lipinski definition) is 1. The Labute approximate surface area is 170 Å². The van der Waals surface area contributed by atoms with Gasteiger partial charge in [-0.2, -0.15) is 0 Å². The maximum Gasteiger partial charge on any atom is 0.276 e. The summed E-state index contributed by atoms with van der Waals surface area (Å²) >= 11 is 0. The van der Waals surface area contributed by atoms with Crippen LogP contribution in [0.15, 0.2) is 66.9 Å². The number of methoxy groups -OCH3 is 1. The van der Waals surface area contributed by atoms with E-state index in [2.05, 4.69) is 10.3 Å². The van der Waals surface area contributed by atoms with Crippen LogP contribution >= 0.6 is 0 Å². The van der Waals surface area contributed by atoms with E-state index in [9.17, 15) is 9.59 Å². The minimum Gasteiger partial charge on any atom is -0.495 e. The van der Waals surface area contributed by atoms with Crippen molar-refractivity contribution in [3.8, 4) is 5.75 Å². The molecular weight excluding hydrogens is 366 g/mol. The van der Waals surface area contributed by atoms with E-state index in [0.29, 0.717) is 23.5 Å². The molecular formula is C23H23N3O3. The molecule has 0 radical (unpaired) electrons. The highest BCUT2D eigenvalue weighted by Gasteiger charge is 2.19. The summed E-state index contributed by atoms with van der Waals surface area (Å²) in [5.41, 5.74) is 2.96. The van der Waals surface area contributed by atoms with Gasteiger partial charge in [-0.1, -0.05) is 24.3 Å². The third kappa shape index (κ3) is 4.60. The van der Waals surface area contributed by atoms with Crippen molar-refractivity contribution in [1.29, 1.82) is 0 Å². The predicted molar refractivity (Wildman–Crippen MR) is 114 cm³/mol. The molecule has 0 atom stereocenters. The fourth-order valence-corrected chi connectivity index (χ4v) is 3.01. The minimum absolute atomic E-state index is 0.209. The van der Waals surface area contributed by atoms with Crippen molar-refractivity contribution in [3.05, 3.63) is 83.7 Å². The number of rotatable bonds is 6. The molecule has 0 unspecified atom stereocenters. The standard InChI is InChI=1S/C23H23N3O3/c1-4-26(18-9-7-8-16(2)14-18)23(28)20-15-17(12-13-24-20)22(27)25-19-10-5-6-11-21(19)29-3/h5-15H,4H2,1-3H3,(H,25,27). The van der Waals surface area contributed by atoms with Gasteiger partial charge >= 0.3 is 0 Å². The van der Waals surface area contributed by atoms with Crippen LogP contribution in [0.4, 0.5) is 11.4 Å². The monoisotopic (exact) mass is 389 g/mol. The van der Waals surface area contributed by atoms with Crippen molar-refractivity contribution in [3.63, 3.8) is 0 Å². The first kappa shape index (κ1) is 20.1. The molecule has 3 aromatic rings. The molecule has 0 aliphatic heterocycles. The van der Waals surface area contributed by atoms with E-state index in [1.54, 1.807) is 36.3 Å². The van der Waals surface area contributed by atoms with Crippen LogP contribution in [0.2, 0.25) is 0 Å². The highest BCUT2D eigenvalue weighted by molar-refractivity contribution is 6.09. The summed E-state index contributed by atoms with van der Waals surface area (Å²) < 4.78 is 5.26. The fraction of sp³-hybridized carbons (Fsp3) is 0.174. The quantitative estimate of drug-likeness (QED) is 0.682. The van der Waals surface area contributed by atoms with Crippen molar-refractivity contribution < 1.29 is 14.3 Å². The van der Waals surface area contributed by atoms with E-state index < -0.39 is 0 Å². The van der Waals surface area contributed by atoms with Crippen molar-refractivity contribution in [2.75, 3.05) is 23.9 Å². The Balaban J connectivity index is 1.84. The van der Waals surface area contributed by atoms with E-state index >= 15 is 0 Å². The number of aromatic nitrogens is 1. The van der Waals surface area contributed by atoms with E-state index in [1.807, 2.05) is 44.2 Å². The molecule has 0 spiro atoms. The van der Waals surface area contributed by atoms with Gasteiger partial charge in [-0.25, -0.2) is 0 Å². The maximum absolute atomic E-state index is 13.0. The van der Waals surface area contributed by atoms with Crippen LogP contribution in [-0.2, 0) is 0 Å². The smallest absolute Gasteiger partial charge is 0.276 e. The van der Waals surface area contributed by atoms with Crippen LogP contribution < -0.4 is 15.0 Å². The molecule has 1 aromatic heterocycles. The lowest BCUT2D eigenvalue weighted by atomic mass is 10.1. The van der Waals surface area contributed by atoms with Gasteiger partial charge in [0.1, 0.15) is 11.4 Å². The van der Waals surface area contributed by atoms with Crippen molar-refractivity contribution in [2.45, 2.75) is 13.8 Å².